The average molecular weight is 245 g/mol. The van der Waals surface area contributed by atoms with Crippen molar-refractivity contribution in [3.63, 3.8) is 0 Å². The second-order valence-corrected chi connectivity index (χ2v) is 6.98. The SMILES string of the molecule is COP(=O)(O)C1CCNC1P(=O)(O)O. The largest absolute Gasteiger partial charge is 0.343 e. The molecule has 1 aliphatic heterocycles. The van der Waals surface area contributed by atoms with E-state index in [0.717, 1.165) is 7.11 Å². The highest BCUT2D eigenvalue weighted by Gasteiger charge is 2.49. The van der Waals surface area contributed by atoms with Crippen LogP contribution in [0.15, 0.2) is 0 Å². The highest BCUT2D eigenvalue weighted by molar-refractivity contribution is 7.57. The van der Waals surface area contributed by atoms with Crippen molar-refractivity contribution in [2.24, 2.45) is 0 Å². The molecule has 0 aromatic rings. The van der Waals surface area contributed by atoms with Gasteiger partial charge in [-0.3, -0.25) is 9.13 Å². The third-order valence-corrected chi connectivity index (χ3v) is 5.62. The topological polar surface area (TPSA) is 116 Å². The molecule has 3 unspecified atom stereocenters. The van der Waals surface area contributed by atoms with Crippen LogP contribution in [-0.2, 0) is 13.7 Å². The van der Waals surface area contributed by atoms with E-state index in [4.69, 9.17) is 9.79 Å². The van der Waals surface area contributed by atoms with Crippen LogP contribution in [0.5, 0.6) is 0 Å². The van der Waals surface area contributed by atoms with Gasteiger partial charge in [0.25, 0.3) is 0 Å². The summed E-state index contributed by atoms with van der Waals surface area (Å²) in [6, 6.07) is 0. The van der Waals surface area contributed by atoms with Crippen molar-refractivity contribution in [1.82, 2.24) is 5.32 Å². The zero-order valence-electron chi connectivity index (χ0n) is 7.53. The van der Waals surface area contributed by atoms with E-state index in [0.29, 0.717) is 6.54 Å². The van der Waals surface area contributed by atoms with Gasteiger partial charge in [0, 0.05) is 7.11 Å². The summed E-state index contributed by atoms with van der Waals surface area (Å²) in [6.45, 7) is 0.300. The maximum atomic E-state index is 11.4. The fourth-order valence-corrected chi connectivity index (χ4v) is 4.67. The highest BCUT2D eigenvalue weighted by Crippen LogP contribution is 2.58. The Morgan fingerprint density at radius 1 is 1.36 bits per heavy atom. The first kappa shape index (κ1) is 12.3. The lowest BCUT2D eigenvalue weighted by Crippen LogP contribution is -2.30. The van der Waals surface area contributed by atoms with Crippen molar-refractivity contribution >= 4 is 15.2 Å². The minimum Gasteiger partial charge on any atom is -0.324 e. The summed E-state index contributed by atoms with van der Waals surface area (Å²) in [5, 5.41) is 2.51. The summed E-state index contributed by atoms with van der Waals surface area (Å²) < 4.78 is 26.7. The van der Waals surface area contributed by atoms with E-state index in [2.05, 4.69) is 9.84 Å². The summed E-state index contributed by atoms with van der Waals surface area (Å²) in [7, 11) is -7.28. The standard InChI is InChI=1S/C5H13NO6P2/c1-12-14(10,11)4-2-3-6-5(4)13(7,8)9/h4-6H,2-3H2,1H3,(H,10,11)(H2,7,8,9). The molecule has 1 fully saturated rings. The Hall–Kier alpha value is 0.260. The lowest BCUT2D eigenvalue weighted by Gasteiger charge is -2.23. The first-order chi connectivity index (χ1) is 6.29. The van der Waals surface area contributed by atoms with E-state index in [9.17, 15) is 14.0 Å². The van der Waals surface area contributed by atoms with Crippen molar-refractivity contribution in [2.75, 3.05) is 13.7 Å². The van der Waals surface area contributed by atoms with E-state index in [-0.39, 0.29) is 6.42 Å². The molecule has 0 spiro atoms. The molecule has 0 radical (unpaired) electrons. The first-order valence-corrected chi connectivity index (χ1v) is 7.28. The summed E-state index contributed by atoms with van der Waals surface area (Å²) >= 11 is 0. The van der Waals surface area contributed by atoms with Crippen LogP contribution in [0.3, 0.4) is 0 Å². The molecule has 0 aliphatic carbocycles. The van der Waals surface area contributed by atoms with Crippen LogP contribution in [0.25, 0.3) is 0 Å². The van der Waals surface area contributed by atoms with Crippen LogP contribution in [0.1, 0.15) is 6.42 Å². The summed E-state index contributed by atoms with van der Waals surface area (Å²) in [4.78, 5) is 27.1. The summed E-state index contributed by atoms with van der Waals surface area (Å²) in [5.41, 5.74) is -1.03. The number of hydrogen-bond donors (Lipinski definition) is 4. The second-order valence-electron chi connectivity index (χ2n) is 3.09. The number of rotatable bonds is 3. The Bertz CT molecular complexity index is 301. The lowest BCUT2D eigenvalue weighted by molar-refractivity contribution is 0.296. The third-order valence-electron chi connectivity index (χ3n) is 2.20. The van der Waals surface area contributed by atoms with Gasteiger partial charge in [-0.15, -0.1) is 0 Å². The maximum Gasteiger partial charge on any atom is 0.343 e. The minimum absolute atomic E-state index is 0.220. The normalized spacial score (nSPS) is 32.9. The predicted octanol–water partition coefficient (Wildman–Crippen LogP) is -0.316. The highest BCUT2D eigenvalue weighted by atomic mass is 31.2. The smallest absolute Gasteiger partial charge is 0.324 e. The second kappa shape index (κ2) is 4.02. The van der Waals surface area contributed by atoms with Crippen LogP contribution in [0.2, 0.25) is 0 Å². The number of nitrogens with one attached hydrogen (secondary N) is 1. The Labute approximate surface area is 81.2 Å². The minimum atomic E-state index is -4.40. The molecule has 1 saturated heterocycles. The molecule has 1 heterocycles. The van der Waals surface area contributed by atoms with Crippen molar-refractivity contribution < 1.29 is 28.3 Å². The van der Waals surface area contributed by atoms with E-state index < -0.39 is 26.6 Å². The maximum absolute atomic E-state index is 11.4. The Balaban J connectivity index is 2.90. The zero-order valence-corrected chi connectivity index (χ0v) is 9.32. The molecule has 1 rings (SSSR count). The van der Waals surface area contributed by atoms with E-state index in [1.165, 1.54) is 0 Å². The molecule has 4 N–H and O–H groups in total. The van der Waals surface area contributed by atoms with Crippen LogP contribution < -0.4 is 5.32 Å². The Morgan fingerprint density at radius 3 is 2.36 bits per heavy atom. The van der Waals surface area contributed by atoms with Crippen LogP contribution in [0.4, 0.5) is 0 Å². The van der Waals surface area contributed by atoms with Crippen molar-refractivity contribution in [2.45, 2.75) is 17.9 Å². The lowest BCUT2D eigenvalue weighted by atomic mass is 10.4. The van der Waals surface area contributed by atoms with Gasteiger partial charge in [0.1, 0.15) is 5.78 Å². The molecular formula is C5H13NO6P2. The Kier molecular flexibility index (Phi) is 3.54. The summed E-state index contributed by atoms with van der Waals surface area (Å²) in [6.07, 6.45) is 0.220. The average Bonchev–Trinajstić information content (AvgIpc) is 2.51. The van der Waals surface area contributed by atoms with Gasteiger partial charge in [0.15, 0.2) is 0 Å². The van der Waals surface area contributed by atoms with Gasteiger partial charge in [-0.05, 0) is 13.0 Å². The molecule has 84 valence electrons. The molecule has 0 aromatic carbocycles. The fraction of sp³-hybridized carbons (Fsp3) is 1.00. The molecule has 0 amide bonds. The first-order valence-electron chi connectivity index (χ1n) is 3.96. The molecule has 0 bridgehead atoms. The van der Waals surface area contributed by atoms with Crippen LogP contribution >= 0.6 is 15.2 Å². The molecule has 0 saturated carbocycles. The fourth-order valence-electron chi connectivity index (χ4n) is 1.49. The van der Waals surface area contributed by atoms with Gasteiger partial charge in [0.2, 0.25) is 0 Å². The molecule has 7 nitrogen and oxygen atoms in total. The molecule has 9 heteroatoms. The molecule has 3 atom stereocenters. The predicted molar refractivity (Wildman–Crippen MR) is 49.1 cm³/mol. The van der Waals surface area contributed by atoms with Gasteiger partial charge >= 0.3 is 15.2 Å². The van der Waals surface area contributed by atoms with Gasteiger partial charge in [-0.1, -0.05) is 0 Å². The van der Waals surface area contributed by atoms with Crippen LogP contribution in [0, 0.1) is 0 Å². The van der Waals surface area contributed by atoms with Gasteiger partial charge in [0.05, 0.1) is 5.66 Å². The zero-order chi connectivity index (χ0) is 11.0. The van der Waals surface area contributed by atoms with Crippen molar-refractivity contribution in [3.05, 3.63) is 0 Å². The van der Waals surface area contributed by atoms with Crippen molar-refractivity contribution in [3.8, 4) is 0 Å². The third kappa shape index (κ3) is 2.44. The Morgan fingerprint density at radius 2 is 1.93 bits per heavy atom. The monoisotopic (exact) mass is 245 g/mol. The molecule has 1 aliphatic rings. The summed E-state index contributed by atoms with van der Waals surface area (Å²) in [5.74, 6) is -1.28. The van der Waals surface area contributed by atoms with E-state index in [1.807, 2.05) is 0 Å². The molecule has 14 heavy (non-hydrogen) atoms. The quantitative estimate of drug-likeness (QED) is 0.503. The molecule has 0 aromatic heterocycles. The van der Waals surface area contributed by atoms with Crippen LogP contribution in [-0.4, -0.2) is 39.8 Å². The van der Waals surface area contributed by atoms with E-state index in [1.54, 1.807) is 0 Å². The van der Waals surface area contributed by atoms with Crippen molar-refractivity contribution in [1.29, 1.82) is 0 Å². The van der Waals surface area contributed by atoms with Gasteiger partial charge < -0.3 is 24.5 Å². The van der Waals surface area contributed by atoms with Gasteiger partial charge in [-0.25, -0.2) is 0 Å². The van der Waals surface area contributed by atoms with E-state index >= 15 is 0 Å². The molecular weight excluding hydrogens is 232 g/mol. The van der Waals surface area contributed by atoms with Gasteiger partial charge in [-0.2, -0.15) is 0 Å². The number of hydrogen-bond acceptors (Lipinski definition) is 4.